The zero-order valence-electron chi connectivity index (χ0n) is 40.0. The van der Waals surface area contributed by atoms with Crippen LogP contribution in [-0.4, -0.2) is 88.7 Å². The van der Waals surface area contributed by atoms with E-state index in [2.05, 4.69) is 28.1 Å². The van der Waals surface area contributed by atoms with Crippen LogP contribution in [0.25, 0.3) is 0 Å². The standard InChI is InChI=1S/C53H62N8O7/c1-34(2)56-51(66)61(45-31-42(15-9-36(45)4)49(64)60-28-24-53(67,25-29-60)43-18-12-38(33-55)13-19-43)46(20-21-47(62)68-52(5,6)7)58-50(65)57-44-30-41(14-8-35(44)3)48(63)59-26-22-40(23-27-59)39-16-10-37(32-54)11-17-39/h8-19,30-31,34,40,46,67H,20-29H2,1-7H3,(H,56,66)(H2,57,58,65). The van der Waals surface area contributed by atoms with Gasteiger partial charge in [-0.2, -0.15) is 10.5 Å². The second-order valence-corrected chi connectivity index (χ2v) is 19.1. The summed E-state index contributed by atoms with van der Waals surface area (Å²) in [6.07, 6.45) is 0.687. The van der Waals surface area contributed by atoms with Crippen molar-refractivity contribution in [1.29, 1.82) is 10.5 Å². The molecule has 15 heteroatoms. The minimum absolute atomic E-state index is 0.0680. The molecule has 0 aliphatic carbocycles. The largest absolute Gasteiger partial charge is 0.460 e. The van der Waals surface area contributed by atoms with Gasteiger partial charge in [-0.3, -0.25) is 19.3 Å². The van der Waals surface area contributed by atoms with Gasteiger partial charge in [0, 0.05) is 55.5 Å². The number of nitrogens with one attached hydrogen (secondary N) is 3. The Hall–Kier alpha value is -7.23. The second-order valence-electron chi connectivity index (χ2n) is 19.1. The van der Waals surface area contributed by atoms with E-state index >= 15 is 0 Å². The Kier molecular flexibility index (Phi) is 15.9. The maximum atomic E-state index is 14.4. The van der Waals surface area contributed by atoms with E-state index < -0.39 is 35.4 Å². The van der Waals surface area contributed by atoms with E-state index in [9.17, 15) is 39.6 Å². The number of amides is 6. The van der Waals surface area contributed by atoms with E-state index in [1.165, 1.54) is 4.90 Å². The van der Waals surface area contributed by atoms with Crippen molar-refractivity contribution in [1.82, 2.24) is 20.4 Å². The molecule has 6 rings (SSSR count). The SMILES string of the molecule is Cc1ccc(C(=O)N2CCC(c3ccc(C#N)cc3)CC2)cc1NC(=O)NC(CCC(=O)OC(C)(C)C)N(C(=O)NC(C)C)c1cc(C(=O)N2CCC(O)(c3ccc(C#N)cc3)CC2)ccc1C. The van der Waals surface area contributed by atoms with Crippen LogP contribution in [0.4, 0.5) is 21.0 Å². The molecule has 6 amide bonds. The molecule has 68 heavy (non-hydrogen) atoms. The molecular weight excluding hydrogens is 861 g/mol. The number of ether oxygens (including phenoxy) is 1. The number of hydrogen-bond donors (Lipinski definition) is 4. The molecule has 4 aromatic rings. The van der Waals surface area contributed by atoms with Gasteiger partial charge in [0.2, 0.25) is 0 Å². The fourth-order valence-electron chi connectivity index (χ4n) is 8.68. The van der Waals surface area contributed by atoms with Crippen molar-refractivity contribution < 1.29 is 33.8 Å². The molecule has 2 aliphatic rings. The van der Waals surface area contributed by atoms with E-state index in [-0.39, 0.29) is 68.1 Å². The highest BCUT2D eigenvalue weighted by Crippen LogP contribution is 2.35. The summed E-state index contributed by atoms with van der Waals surface area (Å²) in [5, 5.41) is 38.7. The lowest BCUT2D eigenvalue weighted by Crippen LogP contribution is -2.56. The number of likely N-dealkylation sites (tertiary alicyclic amines) is 2. The second kappa shape index (κ2) is 21.6. The van der Waals surface area contributed by atoms with E-state index in [1.54, 1.807) is 119 Å². The third kappa shape index (κ3) is 12.6. The van der Waals surface area contributed by atoms with Gasteiger partial charge in [-0.1, -0.05) is 36.4 Å². The highest BCUT2D eigenvalue weighted by Gasteiger charge is 2.37. The average Bonchev–Trinajstić information content (AvgIpc) is 3.31. The Morgan fingerprint density at radius 1 is 0.779 bits per heavy atom. The molecule has 0 saturated carbocycles. The molecule has 1 atom stereocenters. The first kappa shape index (κ1) is 50.2. The maximum absolute atomic E-state index is 14.4. The van der Waals surface area contributed by atoms with Crippen LogP contribution < -0.4 is 20.9 Å². The summed E-state index contributed by atoms with van der Waals surface area (Å²) in [4.78, 5) is 74.6. The molecule has 4 N–H and O–H groups in total. The predicted octanol–water partition coefficient (Wildman–Crippen LogP) is 8.38. The van der Waals surface area contributed by atoms with Gasteiger partial charge in [-0.15, -0.1) is 0 Å². The van der Waals surface area contributed by atoms with Crippen molar-refractivity contribution in [2.75, 3.05) is 36.4 Å². The number of benzene rings is 4. The van der Waals surface area contributed by atoms with Crippen molar-refractivity contribution in [3.05, 3.63) is 129 Å². The summed E-state index contributed by atoms with van der Waals surface area (Å²) in [7, 11) is 0. The molecule has 1 unspecified atom stereocenters. The highest BCUT2D eigenvalue weighted by molar-refractivity contribution is 6.00. The lowest BCUT2D eigenvalue weighted by molar-refractivity contribution is -0.155. The molecule has 15 nitrogen and oxygen atoms in total. The number of anilines is 2. The molecule has 0 bridgehead atoms. The van der Waals surface area contributed by atoms with Crippen LogP contribution in [0.1, 0.15) is 133 Å². The summed E-state index contributed by atoms with van der Waals surface area (Å²) < 4.78 is 5.62. The Morgan fingerprint density at radius 3 is 1.88 bits per heavy atom. The Balaban J connectivity index is 1.23. The van der Waals surface area contributed by atoms with Crippen LogP contribution in [0.3, 0.4) is 0 Å². The Morgan fingerprint density at radius 2 is 1.32 bits per heavy atom. The number of rotatable bonds is 12. The minimum Gasteiger partial charge on any atom is -0.460 e. The summed E-state index contributed by atoms with van der Waals surface area (Å²) in [6, 6.07) is 27.1. The topological polar surface area (TPSA) is 208 Å². The third-order valence-electron chi connectivity index (χ3n) is 12.5. The number of carbonyl (C=O) groups excluding carboxylic acids is 5. The van der Waals surface area contributed by atoms with Crippen molar-refractivity contribution in [2.24, 2.45) is 0 Å². The van der Waals surface area contributed by atoms with Gasteiger partial charge in [0.1, 0.15) is 11.8 Å². The zero-order chi connectivity index (χ0) is 49.3. The highest BCUT2D eigenvalue weighted by atomic mass is 16.6. The number of aryl methyl sites for hydroxylation is 2. The van der Waals surface area contributed by atoms with E-state index in [0.717, 1.165) is 18.4 Å². The van der Waals surface area contributed by atoms with Crippen molar-refractivity contribution in [2.45, 2.75) is 116 Å². The van der Waals surface area contributed by atoms with Gasteiger partial charge in [0.05, 0.1) is 34.6 Å². The summed E-state index contributed by atoms with van der Waals surface area (Å²) >= 11 is 0. The zero-order valence-corrected chi connectivity index (χ0v) is 40.0. The number of urea groups is 2. The number of esters is 1. The molecule has 0 radical (unpaired) electrons. The first-order chi connectivity index (χ1) is 32.3. The van der Waals surface area contributed by atoms with Gasteiger partial charge in [0.25, 0.3) is 11.8 Å². The average molecular weight is 923 g/mol. The van der Waals surface area contributed by atoms with E-state index in [1.807, 2.05) is 24.3 Å². The van der Waals surface area contributed by atoms with Crippen LogP contribution in [0.5, 0.6) is 0 Å². The van der Waals surface area contributed by atoms with Crippen molar-refractivity contribution >= 4 is 41.2 Å². The molecule has 2 aliphatic heterocycles. The molecule has 2 fully saturated rings. The van der Waals surface area contributed by atoms with Gasteiger partial charge in [-0.25, -0.2) is 9.59 Å². The smallest absolute Gasteiger partial charge is 0.323 e. The first-order valence-electron chi connectivity index (χ1n) is 23.2. The Labute approximate surface area is 399 Å². The van der Waals surface area contributed by atoms with Crippen LogP contribution >= 0.6 is 0 Å². The molecule has 356 valence electrons. The van der Waals surface area contributed by atoms with Crippen molar-refractivity contribution in [3.63, 3.8) is 0 Å². The van der Waals surface area contributed by atoms with Crippen LogP contribution in [-0.2, 0) is 15.1 Å². The summed E-state index contributed by atoms with van der Waals surface area (Å²) in [5.74, 6) is -0.755. The van der Waals surface area contributed by atoms with Crippen molar-refractivity contribution in [3.8, 4) is 12.1 Å². The number of aliphatic hydroxyl groups is 1. The lowest BCUT2D eigenvalue weighted by atomic mass is 9.84. The first-order valence-corrected chi connectivity index (χ1v) is 23.2. The quantitative estimate of drug-likeness (QED) is 0.0794. The molecule has 2 saturated heterocycles. The molecule has 0 aromatic heterocycles. The fraction of sp³-hybridized carbons (Fsp3) is 0.415. The van der Waals surface area contributed by atoms with Gasteiger partial charge in [-0.05, 0) is 157 Å². The number of hydrogen-bond acceptors (Lipinski definition) is 9. The molecular formula is C53H62N8O7. The fourth-order valence-corrected chi connectivity index (χ4v) is 8.68. The monoisotopic (exact) mass is 922 g/mol. The number of nitrogens with zero attached hydrogens (tertiary/aromatic N) is 5. The van der Waals surface area contributed by atoms with Crippen LogP contribution in [0.15, 0.2) is 84.9 Å². The maximum Gasteiger partial charge on any atom is 0.323 e. The van der Waals surface area contributed by atoms with E-state index in [4.69, 9.17) is 4.74 Å². The van der Waals surface area contributed by atoms with E-state index in [0.29, 0.717) is 57.8 Å². The lowest BCUT2D eigenvalue weighted by Gasteiger charge is -2.39. The number of nitriles is 2. The van der Waals surface area contributed by atoms with Gasteiger partial charge < -0.3 is 35.6 Å². The molecule has 2 heterocycles. The number of carbonyl (C=O) groups is 5. The van der Waals surface area contributed by atoms with Crippen LogP contribution in [0.2, 0.25) is 0 Å². The predicted molar refractivity (Wildman–Crippen MR) is 259 cm³/mol. The summed E-state index contributed by atoms with van der Waals surface area (Å²) in [5.41, 5.74) is 3.61. The number of piperidine rings is 2. The van der Waals surface area contributed by atoms with Gasteiger partial charge in [0.15, 0.2) is 0 Å². The summed E-state index contributed by atoms with van der Waals surface area (Å²) in [6.45, 7) is 14.0. The Bertz CT molecular complexity index is 2570. The normalized spacial score (nSPS) is 15.3. The minimum atomic E-state index is -1.18. The third-order valence-corrected chi connectivity index (χ3v) is 12.5. The molecule has 0 spiro atoms. The molecule has 4 aromatic carbocycles. The van der Waals surface area contributed by atoms with Gasteiger partial charge >= 0.3 is 18.0 Å². The van der Waals surface area contributed by atoms with Crippen LogP contribution in [0, 0.1) is 36.5 Å².